The predicted molar refractivity (Wildman–Crippen MR) is 58.4 cm³/mol. The van der Waals surface area contributed by atoms with Gasteiger partial charge in [0.25, 0.3) is 5.56 Å². The lowest BCUT2D eigenvalue weighted by Crippen LogP contribution is -2.30. The van der Waals surface area contributed by atoms with E-state index in [1.807, 2.05) is 0 Å². The number of hydrogen-bond acceptors (Lipinski definition) is 4. The van der Waals surface area contributed by atoms with E-state index in [4.69, 9.17) is 5.73 Å². The Bertz CT molecular complexity index is 596. The molecular formula is C10H11F3N4O. The van der Waals surface area contributed by atoms with Crippen LogP contribution in [0.4, 0.5) is 24.9 Å². The first-order valence-corrected chi connectivity index (χ1v) is 5.39. The Morgan fingerprint density at radius 1 is 1.50 bits per heavy atom. The Morgan fingerprint density at radius 2 is 2.11 bits per heavy atom. The van der Waals surface area contributed by atoms with Gasteiger partial charge in [-0.3, -0.25) is 9.78 Å². The molecule has 5 nitrogen and oxygen atoms in total. The third kappa shape index (κ3) is 1.08. The molecule has 8 heteroatoms. The number of rotatable bonds is 0. The van der Waals surface area contributed by atoms with Crippen molar-refractivity contribution in [1.82, 2.24) is 9.97 Å². The van der Waals surface area contributed by atoms with Crippen molar-refractivity contribution in [2.75, 3.05) is 17.7 Å². The second-order valence-electron chi connectivity index (χ2n) is 5.01. The van der Waals surface area contributed by atoms with Crippen LogP contribution in [0.1, 0.15) is 12.5 Å². The number of aromatic nitrogens is 2. The summed E-state index contributed by atoms with van der Waals surface area (Å²) in [6.07, 6.45) is -4.32. The van der Waals surface area contributed by atoms with E-state index in [9.17, 15) is 18.0 Å². The minimum Gasteiger partial charge on any atom is -0.369 e. The lowest BCUT2D eigenvalue weighted by molar-refractivity contribution is -0.153. The molecule has 3 atom stereocenters. The SMILES string of the molecule is CN1c2nc(N)[nH]c(=O)c2C2(C)C1C2C(F)(F)F. The van der Waals surface area contributed by atoms with Crippen LogP contribution in [0.15, 0.2) is 4.79 Å². The number of nitrogens with one attached hydrogen (secondary N) is 1. The van der Waals surface area contributed by atoms with Crippen molar-refractivity contribution in [3.63, 3.8) is 0 Å². The molecule has 3 N–H and O–H groups in total. The number of anilines is 2. The highest BCUT2D eigenvalue weighted by molar-refractivity contribution is 5.66. The van der Waals surface area contributed by atoms with Crippen molar-refractivity contribution in [2.45, 2.75) is 24.6 Å². The second-order valence-corrected chi connectivity index (χ2v) is 5.01. The molecule has 3 rings (SSSR count). The molecule has 1 aromatic rings. The van der Waals surface area contributed by atoms with Crippen LogP contribution >= 0.6 is 0 Å². The number of nitrogens with zero attached hydrogens (tertiary/aromatic N) is 2. The Kier molecular flexibility index (Phi) is 1.77. The van der Waals surface area contributed by atoms with E-state index in [-0.39, 0.29) is 17.3 Å². The van der Waals surface area contributed by atoms with Gasteiger partial charge in [-0.1, -0.05) is 6.92 Å². The monoisotopic (exact) mass is 260 g/mol. The van der Waals surface area contributed by atoms with E-state index in [0.29, 0.717) is 0 Å². The maximum Gasteiger partial charge on any atom is 0.394 e. The number of nitrogens with two attached hydrogens (primary N) is 1. The van der Waals surface area contributed by atoms with Crippen LogP contribution in [0, 0.1) is 5.92 Å². The quantitative estimate of drug-likeness (QED) is 0.717. The average molecular weight is 260 g/mol. The molecule has 18 heavy (non-hydrogen) atoms. The van der Waals surface area contributed by atoms with Gasteiger partial charge in [-0.15, -0.1) is 0 Å². The van der Waals surface area contributed by atoms with Crippen LogP contribution in [0.25, 0.3) is 0 Å². The molecule has 0 saturated heterocycles. The second kappa shape index (κ2) is 2.81. The smallest absolute Gasteiger partial charge is 0.369 e. The third-order valence-electron chi connectivity index (χ3n) is 4.03. The fraction of sp³-hybridized carbons (Fsp3) is 0.600. The summed E-state index contributed by atoms with van der Waals surface area (Å²) < 4.78 is 38.7. The van der Waals surface area contributed by atoms with Crippen LogP contribution in [-0.2, 0) is 5.41 Å². The predicted octanol–water partition coefficient (Wildman–Crippen LogP) is 0.620. The van der Waals surface area contributed by atoms with Crippen molar-refractivity contribution in [3.05, 3.63) is 15.9 Å². The summed E-state index contributed by atoms with van der Waals surface area (Å²) in [5.74, 6) is -1.35. The molecule has 3 unspecified atom stereocenters. The van der Waals surface area contributed by atoms with E-state index < -0.39 is 29.1 Å². The van der Waals surface area contributed by atoms with Crippen molar-refractivity contribution in [1.29, 1.82) is 0 Å². The normalized spacial score (nSPS) is 33.3. The molecule has 1 aliphatic carbocycles. The summed E-state index contributed by atoms with van der Waals surface area (Å²) in [6, 6.07) is -0.761. The van der Waals surface area contributed by atoms with Crippen LogP contribution in [0.5, 0.6) is 0 Å². The Morgan fingerprint density at radius 3 is 2.67 bits per heavy atom. The minimum absolute atomic E-state index is 0.0842. The maximum atomic E-state index is 12.9. The van der Waals surface area contributed by atoms with Crippen molar-refractivity contribution >= 4 is 11.8 Å². The zero-order valence-electron chi connectivity index (χ0n) is 9.67. The number of halogens is 3. The Balaban J connectivity index is 2.20. The van der Waals surface area contributed by atoms with Gasteiger partial charge in [0.1, 0.15) is 5.82 Å². The zero-order chi connectivity index (χ0) is 13.5. The Hall–Kier alpha value is -1.73. The minimum atomic E-state index is -4.32. The fourth-order valence-electron chi connectivity index (χ4n) is 3.29. The lowest BCUT2D eigenvalue weighted by atomic mass is 9.98. The summed E-state index contributed by atoms with van der Waals surface area (Å²) in [6.45, 7) is 1.45. The molecule has 0 radical (unpaired) electrons. The standard InChI is InChI=1S/C10H11F3N4O/c1-9-3-6(15-8(14)16-7(3)18)17(2)5(9)4(9)10(11,12)13/h4-5H,1-2H3,(H3,14,15,16,18). The van der Waals surface area contributed by atoms with Crippen molar-refractivity contribution < 1.29 is 13.2 Å². The largest absolute Gasteiger partial charge is 0.394 e. The zero-order valence-corrected chi connectivity index (χ0v) is 9.67. The number of aromatic amines is 1. The van der Waals surface area contributed by atoms with Crippen LogP contribution in [-0.4, -0.2) is 29.2 Å². The number of nitrogen functional groups attached to an aromatic ring is 1. The Labute approximate surface area is 99.8 Å². The van der Waals surface area contributed by atoms with Gasteiger partial charge in [0, 0.05) is 12.5 Å². The van der Waals surface area contributed by atoms with E-state index in [1.54, 1.807) is 0 Å². The molecule has 2 heterocycles. The van der Waals surface area contributed by atoms with Crippen LogP contribution in [0.3, 0.4) is 0 Å². The molecule has 1 aliphatic heterocycles. The number of likely N-dealkylation sites (N-methyl/N-ethyl adjacent to an activating group) is 1. The summed E-state index contributed by atoms with van der Waals surface area (Å²) in [5.41, 5.74) is 3.70. The molecule has 0 amide bonds. The first-order chi connectivity index (χ1) is 8.19. The number of alkyl halides is 3. The summed E-state index contributed by atoms with van der Waals surface area (Å²) in [5, 5.41) is 0. The van der Waals surface area contributed by atoms with E-state index >= 15 is 0 Å². The highest BCUT2D eigenvalue weighted by Gasteiger charge is 2.79. The van der Waals surface area contributed by atoms with E-state index in [0.717, 1.165) is 0 Å². The number of hydrogen-bond donors (Lipinski definition) is 2. The van der Waals surface area contributed by atoms with E-state index in [2.05, 4.69) is 9.97 Å². The molecular weight excluding hydrogens is 249 g/mol. The molecule has 0 bridgehead atoms. The maximum absolute atomic E-state index is 12.9. The number of fused-ring (bicyclic) bond motifs is 3. The first-order valence-electron chi connectivity index (χ1n) is 5.39. The number of H-pyrrole nitrogens is 1. The summed E-state index contributed by atoms with van der Waals surface area (Å²) >= 11 is 0. The van der Waals surface area contributed by atoms with Crippen molar-refractivity contribution in [3.8, 4) is 0 Å². The average Bonchev–Trinajstić information content (AvgIpc) is 2.76. The molecule has 0 spiro atoms. The molecule has 98 valence electrons. The molecule has 1 aromatic heterocycles. The van der Waals surface area contributed by atoms with Gasteiger partial charge in [0.15, 0.2) is 0 Å². The van der Waals surface area contributed by atoms with Gasteiger partial charge in [-0.05, 0) is 0 Å². The van der Waals surface area contributed by atoms with Gasteiger partial charge in [-0.2, -0.15) is 18.2 Å². The highest BCUT2D eigenvalue weighted by atomic mass is 19.4. The summed E-state index contributed by atoms with van der Waals surface area (Å²) in [4.78, 5) is 19.4. The third-order valence-corrected chi connectivity index (χ3v) is 4.03. The van der Waals surface area contributed by atoms with Gasteiger partial charge in [0.05, 0.1) is 17.5 Å². The van der Waals surface area contributed by atoms with Gasteiger partial charge < -0.3 is 10.6 Å². The first kappa shape index (κ1) is 11.4. The molecule has 1 fully saturated rings. The summed E-state index contributed by atoms with van der Waals surface area (Å²) in [7, 11) is 1.51. The molecule has 0 aromatic carbocycles. The van der Waals surface area contributed by atoms with Gasteiger partial charge in [0.2, 0.25) is 5.95 Å². The lowest BCUT2D eigenvalue weighted by Gasteiger charge is -2.19. The van der Waals surface area contributed by atoms with Gasteiger partial charge in [-0.25, -0.2) is 0 Å². The highest BCUT2D eigenvalue weighted by Crippen LogP contribution is 2.67. The van der Waals surface area contributed by atoms with Crippen LogP contribution < -0.4 is 16.2 Å². The topological polar surface area (TPSA) is 75.0 Å². The van der Waals surface area contributed by atoms with Gasteiger partial charge >= 0.3 is 6.18 Å². The molecule has 2 aliphatic rings. The van der Waals surface area contributed by atoms with Crippen molar-refractivity contribution in [2.24, 2.45) is 5.92 Å². The fourth-order valence-corrected chi connectivity index (χ4v) is 3.29. The van der Waals surface area contributed by atoms with E-state index in [1.165, 1.54) is 18.9 Å². The molecule has 1 saturated carbocycles. The van der Waals surface area contributed by atoms with Crippen LogP contribution in [0.2, 0.25) is 0 Å².